The van der Waals surface area contributed by atoms with Gasteiger partial charge in [0.25, 0.3) is 0 Å². The summed E-state index contributed by atoms with van der Waals surface area (Å²) in [6.07, 6.45) is 6.40. The van der Waals surface area contributed by atoms with E-state index in [9.17, 15) is 8.78 Å². The summed E-state index contributed by atoms with van der Waals surface area (Å²) < 4.78 is 27.1. The van der Waals surface area contributed by atoms with Crippen LogP contribution in [0.2, 0.25) is 0 Å². The lowest BCUT2D eigenvalue weighted by Gasteiger charge is -2.14. The first-order chi connectivity index (χ1) is 8.56. The van der Waals surface area contributed by atoms with Gasteiger partial charge >= 0.3 is 0 Å². The van der Waals surface area contributed by atoms with Crippen molar-refractivity contribution in [2.24, 2.45) is 5.73 Å². The fourth-order valence-corrected chi connectivity index (χ4v) is 2.07. The topological polar surface area (TPSA) is 26.0 Å². The van der Waals surface area contributed by atoms with Gasteiger partial charge in [0.05, 0.1) is 0 Å². The lowest BCUT2D eigenvalue weighted by molar-refractivity contribution is 0.517. The van der Waals surface area contributed by atoms with Gasteiger partial charge in [-0.05, 0) is 31.0 Å². The van der Waals surface area contributed by atoms with Gasteiger partial charge in [-0.1, -0.05) is 39.0 Å². The van der Waals surface area contributed by atoms with Crippen LogP contribution in [0.3, 0.4) is 0 Å². The first kappa shape index (κ1) is 15.1. The average Bonchev–Trinajstić information content (AvgIpc) is 2.33. The van der Waals surface area contributed by atoms with Crippen LogP contribution in [0.15, 0.2) is 12.1 Å². The molecule has 1 rings (SSSR count). The molecule has 0 aliphatic carbocycles. The van der Waals surface area contributed by atoms with Gasteiger partial charge in [-0.3, -0.25) is 0 Å². The van der Waals surface area contributed by atoms with E-state index < -0.39 is 11.9 Å². The van der Waals surface area contributed by atoms with E-state index in [1.54, 1.807) is 6.92 Å². The van der Waals surface area contributed by atoms with Crippen LogP contribution < -0.4 is 5.73 Å². The Morgan fingerprint density at radius 1 is 1.06 bits per heavy atom. The minimum Gasteiger partial charge on any atom is -0.324 e. The second-order valence-corrected chi connectivity index (χ2v) is 4.93. The minimum atomic E-state index is -0.401. The highest BCUT2D eigenvalue weighted by atomic mass is 19.1. The van der Waals surface area contributed by atoms with Crippen LogP contribution in [-0.4, -0.2) is 0 Å². The number of nitrogens with two attached hydrogens (primary N) is 1. The number of hydrogen-bond donors (Lipinski definition) is 1. The van der Waals surface area contributed by atoms with Crippen LogP contribution >= 0.6 is 0 Å². The maximum atomic E-state index is 13.7. The highest BCUT2D eigenvalue weighted by molar-refractivity contribution is 5.27. The summed E-state index contributed by atoms with van der Waals surface area (Å²) in [5.41, 5.74) is 6.55. The Kier molecular flexibility index (Phi) is 6.27. The molecule has 0 bridgehead atoms. The first-order valence-corrected chi connectivity index (χ1v) is 6.77. The van der Waals surface area contributed by atoms with Crippen LogP contribution in [0.25, 0.3) is 0 Å². The Morgan fingerprint density at radius 2 is 1.72 bits per heavy atom. The van der Waals surface area contributed by atoms with Gasteiger partial charge in [0.1, 0.15) is 11.6 Å². The Bertz CT molecular complexity index is 377. The maximum absolute atomic E-state index is 13.7. The van der Waals surface area contributed by atoms with Crippen molar-refractivity contribution in [3.63, 3.8) is 0 Å². The summed E-state index contributed by atoms with van der Waals surface area (Å²) in [6, 6.07) is 2.06. The summed E-state index contributed by atoms with van der Waals surface area (Å²) in [7, 11) is 0. The summed E-state index contributed by atoms with van der Waals surface area (Å²) in [4.78, 5) is 0. The van der Waals surface area contributed by atoms with Crippen LogP contribution in [-0.2, 0) is 0 Å². The van der Waals surface area contributed by atoms with Gasteiger partial charge in [0.15, 0.2) is 0 Å². The Morgan fingerprint density at radius 3 is 2.39 bits per heavy atom. The van der Waals surface area contributed by atoms with E-state index in [-0.39, 0.29) is 5.82 Å². The van der Waals surface area contributed by atoms with Crippen molar-refractivity contribution in [3.05, 3.63) is 34.9 Å². The van der Waals surface area contributed by atoms with Crippen LogP contribution in [0.5, 0.6) is 0 Å². The van der Waals surface area contributed by atoms with Crippen molar-refractivity contribution < 1.29 is 8.78 Å². The van der Waals surface area contributed by atoms with Crippen molar-refractivity contribution in [1.82, 2.24) is 0 Å². The molecule has 0 radical (unpaired) electrons. The number of rotatable bonds is 7. The highest BCUT2D eigenvalue weighted by Gasteiger charge is 2.13. The number of halogens is 2. The van der Waals surface area contributed by atoms with E-state index in [1.165, 1.54) is 31.4 Å². The van der Waals surface area contributed by atoms with E-state index in [0.29, 0.717) is 17.5 Å². The molecular weight excluding hydrogens is 232 g/mol. The van der Waals surface area contributed by atoms with Gasteiger partial charge in [-0.2, -0.15) is 0 Å². The third-order valence-corrected chi connectivity index (χ3v) is 3.30. The molecule has 0 amide bonds. The lowest BCUT2D eigenvalue weighted by Crippen LogP contribution is -2.13. The third kappa shape index (κ3) is 4.37. The average molecular weight is 255 g/mol. The number of benzene rings is 1. The van der Waals surface area contributed by atoms with E-state index in [4.69, 9.17) is 5.73 Å². The molecule has 1 unspecified atom stereocenters. The SMILES string of the molecule is CCCCCCCC(N)c1cc(F)c(C)cc1F. The standard InChI is InChI=1S/C15H23F2N/c1-3-4-5-6-7-8-15(18)12-10-13(16)11(2)9-14(12)17/h9-10,15H,3-8,18H2,1-2H3. The quantitative estimate of drug-likeness (QED) is 0.706. The second kappa shape index (κ2) is 7.47. The molecule has 1 aromatic rings. The molecular formula is C15H23F2N. The zero-order valence-electron chi connectivity index (χ0n) is 11.3. The van der Waals surface area contributed by atoms with Gasteiger partial charge in [0, 0.05) is 11.6 Å². The number of hydrogen-bond acceptors (Lipinski definition) is 1. The molecule has 0 aromatic heterocycles. The van der Waals surface area contributed by atoms with Crippen LogP contribution in [0.1, 0.15) is 62.6 Å². The van der Waals surface area contributed by atoms with Crippen molar-refractivity contribution in [1.29, 1.82) is 0 Å². The molecule has 0 heterocycles. The van der Waals surface area contributed by atoms with Gasteiger partial charge in [-0.25, -0.2) is 8.78 Å². The van der Waals surface area contributed by atoms with Crippen molar-refractivity contribution in [3.8, 4) is 0 Å². The van der Waals surface area contributed by atoms with Crippen LogP contribution in [0.4, 0.5) is 8.78 Å². The molecule has 0 saturated heterocycles. The fourth-order valence-electron chi connectivity index (χ4n) is 2.07. The summed E-state index contributed by atoms with van der Waals surface area (Å²) in [5.74, 6) is -0.775. The molecule has 1 nitrogen and oxygen atoms in total. The summed E-state index contributed by atoms with van der Waals surface area (Å²) in [5, 5.41) is 0. The van der Waals surface area contributed by atoms with Gasteiger partial charge in [-0.15, -0.1) is 0 Å². The predicted octanol–water partition coefficient (Wildman–Crippen LogP) is 4.63. The fraction of sp³-hybridized carbons (Fsp3) is 0.600. The third-order valence-electron chi connectivity index (χ3n) is 3.30. The van der Waals surface area contributed by atoms with Gasteiger partial charge < -0.3 is 5.73 Å². The van der Waals surface area contributed by atoms with Crippen molar-refractivity contribution >= 4 is 0 Å². The highest BCUT2D eigenvalue weighted by Crippen LogP contribution is 2.23. The Labute approximate surface area is 108 Å². The molecule has 0 aliphatic rings. The van der Waals surface area contributed by atoms with E-state index in [0.717, 1.165) is 12.8 Å². The normalized spacial score (nSPS) is 12.7. The molecule has 1 aromatic carbocycles. The largest absolute Gasteiger partial charge is 0.324 e. The molecule has 2 N–H and O–H groups in total. The predicted molar refractivity (Wildman–Crippen MR) is 71.4 cm³/mol. The Balaban J connectivity index is 2.51. The monoisotopic (exact) mass is 255 g/mol. The summed E-state index contributed by atoms with van der Waals surface area (Å²) >= 11 is 0. The van der Waals surface area contributed by atoms with Crippen molar-refractivity contribution in [2.45, 2.75) is 58.4 Å². The Hall–Kier alpha value is -0.960. The zero-order valence-corrected chi connectivity index (χ0v) is 11.3. The number of unbranched alkanes of at least 4 members (excludes halogenated alkanes) is 4. The molecule has 0 aliphatic heterocycles. The summed E-state index contributed by atoms with van der Waals surface area (Å²) in [6.45, 7) is 3.72. The maximum Gasteiger partial charge on any atom is 0.128 e. The van der Waals surface area contributed by atoms with E-state index in [1.807, 2.05) is 0 Å². The molecule has 3 heteroatoms. The molecule has 0 saturated carbocycles. The lowest BCUT2D eigenvalue weighted by atomic mass is 9.99. The molecule has 18 heavy (non-hydrogen) atoms. The zero-order chi connectivity index (χ0) is 13.5. The molecule has 0 spiro atoms. The number of aryl methyl sites for hydroxylation is 1. The van der Waals surface area contributed by atoms with Crippen molar-refractivity contribution in [2.75, 3.05) is 0 Å². The minimum absolute atomic E-state index is 0.300. The molecule has 1 atom stereocenters. The first-order valence-electron chi connectivity index (χ1n) is 6.77. The molecule has 102 valence electrons. The smallest absolute Gasteiger partial charge is 0.128 e. The van der Waals surface area contributed by atoms with Crippen LogP contribution in [0, 0.1) is 18.6 Å². The molecule has 0 fully saturated rings. The van der Waals surface area contributed by atoms with Gasteiger partial charge in [0.2, 0.25) is 0 Å². The van der Waals surface area contributed by atoms with E-state index in [2.05, 4.69) is 6.92 Å². The van der Waals surface area contributed by atoms with E-state index >= 15 is 0 Å². The second-order valence-electron chi connectivity index (χ2n) is 4.93.